The summed E-state index contributed by atoms with van der Waals surface area (Å²) in [5.41, 5.74) is 1.80. The fourth-order valence-electron chi connectivity index (χ4n) is 4.50. The van der Waals surface area contributed by atoms with E-state index in [1.807, 2.05) is 56.3 Å². The molecule has 3 rings (SSSR count). The second-order valence-electron chi connectivity index (χ2n) is 9.40. The fraction of sp³-hybridized carbons (Fsp3) is 0.481. The summed E-state index contributed by atoms with van der Waals surface area (Å²) < 4.78 is 5.76. The molecule has 3 N–H and O–H groups in total. The number of amides is 1. The summed E-state index contributed by atoms with van der Waals surface area (Å²) >= 11 is 6.05. The Morgan fingerprint density at radius 2 is 1.86 bits per heavy atom. The number of nitrogens with one attached hydrogen (secondary N) is 1. The molecule has 3 atom stereocenters. The Kier molecular flexibility index (Phi) is 9.81. The minimum Gasteiger partial charge on any atom is -0.491 e. The number of carboxylic acid groups (broad SMARTS) is 1. The van der Waals surface area contributed by atoms with Gasteiger partial charge in [-0.3, -0.25) is 9.59 Å². The molecule has 8 heteroatoms. The maximum absolute atomic E-state index is 13.3. The third-order valence-corrected chi connectivity index (χ3v) is 6.44. The third-order valence-electron chi connectivity index (χ3n) is 6.21. The van der Waals surface area contributed by atoms with E-state index < -0.39 is 12.1 Å². The molecule has 0 saturated heterocycles. The molecule has 1 amide bonds. The number of anilines is 1. The van der Waals surface area contributed by atoms with Crippen molar-refractivity contribution in [2.45, 2.75) is 64.2 Å². The van der Waals surface area contributed by atoms with E-state index in [4.69, 9.17) is 16.3 Å². The van der Waals surface area contributed by atoms with E-state index in [-0.39, 0.29) is 30.5 Å². The van der Waals surface area contributed by atoms with Crippen LogP contribution in [0.4, 0.5) is 5.69 Å². The van der Waals surface area contributed by atoms with Gasteiger partial charge < -0.3 is 25.2 Å². The lowest BCUT2D eigenvalue weighted by Crippen LogP contribution is -2.41. The van der Waals surface area contributed by atoms with E-state index in [1.165, 1.54) is 4.90 Å². The number of rotatable bonds is 10. The van der Waals surface area contributed by atoms with Crippen molar-refractivity contribution in [1.82, 2.24) is 4.90 Å². The van der Waals surface area contributed by atoms with Crippen LogP contribution < -0.4 is 10.1 Å². The number of carbonyl (C=O) groups excluding carboxylic acids is 1. The maximum atomic E-state index is 13.3. The summed E-state index contributed by atoms with van der Waals surface area (Å²) in [6, 6.07) is 14.8. The minimum absolute atomic E-state index is 0.0631. The predicted octanol–water partition coefficient (Wildman–Crippen LogP) is 4.61. The Bertz CT molecular complexity index is 999. The number of halogens is 1. The van der Waals surface area contributed by atoms with E-state index in [1.54, 1.807) is 6.07 Å². The number of aliphatic hydroxyl groups excluding tert-OH is 1. The minimum atomic E-state index is -1.04. The normalized spacial score (nSPS) is 20.2. The van der Waals surface area contributed by atoms with Crippen LogP contribution >= 0.6 is 11.6 Å². The van der Waals surface area contributed by atoms with Crippen LogP contribution in [0, 0.1) is 5.92 Å². The van der Waals surface area contributed by atoms with E-state index in [9.17, 15) is 19.8 Å². The largest absolute Gasteiger partial charge is 0.491 e. The molecule has 0 aliphatic heterocycles. The van der Waals surface area contributed by atoms with Crippen LogP contribution in [0.2, 0.25) is 5.02 Å². The van der Waals surface area contributed by atoms with Crippen molar-refractivity contribution >= 4 is 29.2 Å². The molecule has 0 spiro atoms. The first kappa shape index (κ1) is 26.8. The quantitative estimate of drug-likeness (QED) is 0.410. The van der Waals surface area contributed by atoms with Gasteiger partial charge in [0.1, 0.15) is 12.3 Å². The van der Waals surface area contributed by atoms with Crippen LogP contribution in [0.25, 0.3) is 0 Å². The Morgan fingerprint density at radius 3 is 2.57 bits per heavy atom. The molecule has 0 bridgehead atoms. The molecule has 0 unspecified atom stereocenters. The molecule has 0 radical (unpaired) electrons. The maximum Gasteiger partial charge on any atom is 0.323 e. The average molecular weight is 503 g/mol. The molecule has 35 heavy (non-hydrogen) atoms. The van der Waals surface area contributed by atoms with Crippen molar-refractivity contribution in [3.63, 3.8) is 0 Å². The molecule has 7 nitrogen and oxygen atoms in total. The standard InChI is InChI=1S/C27H35ClN2O5/c1-18(2)35-23-8-4-7-22(16-23)29-24-11-9-20(10-12-25(24)31)27(34)30(17-26(32)33)14-13-19-5-3-6-21(28)15-19/h3-8,15-16,18,20,24-25,29,31H,9-14,17H2,1-2H3,(H,32,33)/t20-,24+,25+/m1/s1. The second-order valence-corrected chi connectivity index (χ2v) is 9.83. The zero-order valence-corrected chi connectivity index (χ0v) is 21.1. The number of carboxylic acids is 1. The summed E-state index contributed by atoms with van der Waals surface area (Å²) in [5.74, 6) is -0.785. The SMILES string of the molecule is CC(C)Oc1cccc(N[C@H]2CC[C@@H](C(=O)N(CCc3cccc(Cl)c3)CC(=O)O)CC[C@@H]2O)c1. The summed E-state index contributed by atoms with van der Waals surface area (Å²) in [6.07, 6.45) is 2.13. The highest BCUT2D eigenvalue weighted by Crippen LogP contribution is 2.29. The van der Waals surface area contributed by atoms with Crippen LogP contribution in [-0.4, -0.2) is 58.3 Å². The fourth-order valence-corrected chi connectivity index (χ4v) is 4.71. The Morgan fingerprint density at radius 1 is 1.11 bits per heavy atom. The van der Waals surface area contributed by atoms with Crippen LogP contribution in [0.15, 0.2) is 48.5 Å². The Hall–Kier alpha value is -2.77. The van der Waals surface area contributed by atoms with Gasteiger partial charge in [-0.15, -0.1) is 0 Å². The molecule has 2 aromatic carbocycles. The highest BCUT2D eigenvalue weighted by atomic mass is 35.5. The van der Waals surface area contributed by atoms with Crippen LogP contribution in [-0.2, 0) is 16.0 Å². The molecular formula is C27H35ClN2O5. The van der Waals surface area contributed by atoms with Gasteiger partial charge in [-0.1, -0.05) is 29.8 Å². The second kappa shape index (κ2) is 12.8. The molecule has 0 heterocycles. The van der Waals surface area contributed by atoms with Gasteiger partial charge in [0.05, 0.1) is 18.2 Å². The number of hydrogen-bond donors (Lipinski definition) is 3. The Balaban J connectivity index is 1.62. The zero-order valence-electron chi connectivity index (χ0n) is 20.3. The highest BCUT2D eigenvalue weighted by Gasteiger charge is 2.32. The molecule has 1 saturated carbocycles. The summed E-state index contributed by atoms with van der Waals surface area (Å²) in [6.45, 7) is 3.89. The van der Waals surface area contributed by atoms with Crippen LogP contribution in [0.5, 0.6) is 5.75 Å². The van der Waals surface area contributed by atoms with Gasteiger partial charge in [-0.25, -0.2) is 0 Å². The lowest BCUT2D eigenvalue weighted by molar-refractivity contribution is -0.146. The van der Waals surface area contributed by atoms with Crippen molar-refractivity contribution in [2.24, 2.45) is 5.92 Å². The van der Waals surface area contributed by atoms with Crippen molar-refractivity contribution in [3.8, 4) is 5.75 Å². The molecule has 1 aliphatic rings. The lowest BCUT2D eigenvalue weighted by atomic mass is 9.98. The number of benzene rings is 2. The molecular weight excluding hydrogens is 468 g/mol. The first-order valence-corrected chi connectivity index (χ1v) is 12.6. The van der Waals surface area contributed by atoms with Crippen LogP contribution in [0.3, 0.4) is 0 Å². The number of aliphatic carboxylic acids is 1. The lowest BCUT2D eigenvalue weighted by Gasteiger charge is -2.26. The average Bonchev–Trinajstić information content (AvgIpc) is 2.97. The molecule has 0 aromatic heterocycles. The summed E-state index contributed by atoms with van der Waals surface area (Å²) in [4.78, 5) is 26.2. The van der Waals surface area contributed by atoms with Gasteiger partial charge in [0.2, 0.25) is 5.91 Å². The number of nitrogens with zero attached hydrogens (tertiary/aromatic N) is 1. The number of hydrogen-bond acceptors (Lipinski definition) is 5. The van der Waals surface area contributed by atoms with Crippen molar-refractivity contribution < 1.29 is 24.5 Å². The molecule has 1 fully saturated rings. The van der Waals surface area contributed by atoms with Gasteiger partial charge >= 0.3 is 5.97 Å². The number of carbonyl (C=O) groups is 2. The van der Waals surface area contributed by atoms with Gasteiger partial charge in [0, 0.05) is 29.2 Å². The molecule has 1 aliphatic carbocycles. The highest BCUT2D eigenvalue weighted by molar-refractivity contribution is 6.30. The molecule has 190 valence electrons. The monoisotopic (exact) mass is 502 g/mol. The van der Waals surface area contributed by atoms with E-state index >= 15 is 0 Å². The van der Waals surface area contributed by atoms with Crippen molar-refractivity contribution in [1.29, 1.82) is 0 Å². The van der Waals surface area contributed by atoms with Crippen LogP contribution in [0.1, 0.15) is 45.1 Å². The number of ether oxygens (including phenoxy) is 1. The third kappa shape index (κ3) is 8.44. The topological polar surface area (TPSA) is 99.1 Å². The van der Waals surface area contributed by atoms with E-state index in [0.29, 0.717) is 43.7 Å². The van der Waals surface area contributed by atoms with Crippen molar-refractivity contribution in [2.75, 3.05) is 18.4 Å². The summed E-state index contributed by atoms with van der Waals surface area (Å²) in [5, 5.41) is 24.1. The van der Waals surface area contributed by atoms with E-state index in [2.05, 4.69) is 5.32 Å². The van der Waals surface area contributed by atoms with Gasteiger partial charge in [-0.05, 0) is 75.8 Å². The van der Waals surface area contributed by atoms with Gasteiger partial charge in [0.15, 0.2) is 0 Å². The smallest absolute Gasteiger partial charge is 0.323 e. The van der Waals surface area contributed by atoms with Gasteiger partial charge in [0.25, 0.3) is 0 Å². The molecule has 2 aromatic rings. The summed E-state index contributed by atoms with van der Waals surface area (Å²) in [7, 11) is 0. The van der Waals surface area contributed by atoms with E-state index in [0.717, 1.165) is 17.0 Å². The Labute approximate surface area is 212 Å². The zero-order chi connectivity index (χ0) is 25.4. The van der Waals surface area contributed by atoms with Crippen molar-refractivity contribution in [3.05, 3.63) is 59.1 Å². The van der Waals surface area contributed by atoms with Gasteiger partial charge in [-0.2, -0.15) is 0 Å². The first-order valence-electron chi connectivity index (χ1n) is 12.2. The first-order chi connectivity index (χ1) is 16.7. The number of aliphatic hydroxyl groups is 1. The predicted molar refractivity (Wildman–Crippen MR) is 137 cm³/mol.